The number of imide groups is 1. The predicted molar refractivity (Wildman–Crippen MR) is 58.3 cm³/mol. The van der Waals surface area contributed by atoms with Gasteiger partial charge in [-0.25, -0.2) is 4.79 Å². The van der Waals surface area contributed by atoms with E-state index in [1.54, 1.807) is 0 Å². The molecule has 1 saturated carbocycles. The first kappa shape index (κ1) is 11.7. The Morgan fingerprint density at radius 1 is 1.31 bits per heavy atom. The lowest BCUT2D eigenvalue weighted by Gasteiger charge is -2.19. The standard InChI is InChI=1S/C10H15ClN2O3/c11-5-8(14)13-10(15)12-7-3-4-16-9(7)6-1-2-6/h6-7,9H,1-5H2,(H2,12,13,14,15). The summed E-state index contributed by atoms with van der Waals surface area (Å²) in [6, 6.07) is -0.456. The van der Waals surface area contributed by atoms with Gasteiger partial charge in [0.2, 0.25) is 5.91 Å². The van der Waals surface area contributed by atoms with Gasteiger partial charge in [-0.3, -0.25) is 10.1 Å². The molecule has 2 aliphatic rings. The summed E-state index contributed by atoms with van der Waals surface area (Å²) in [6.45, 7) is 0.676. The van der Waals surface area contributed by atoms with Crippen LogP contribution in [0.4, 0.5) is 4.79 Å². The lowest BCUT2D eigenvalue weighted by atomic mass is 10.1. The summed E-state index contributed by atoms with van der Waals surface area (Å²) in [4.78, 5) is 22.3. The van der Waals surface area contributed by atoms with Gasteiger partial charge in [-0.05, 0) is 25.2 Å². The Labute approximate surface area is 98.9 Å². The third kappa shape index (κ3) is 2.86. The first-order valence-electron chi connectivity index (χ1n) is 5.48. The van der Waals surface area contributed by atoms with E-state index in [1.807, 2.05) is 0 Å². The number of carbonyl (C=O) groups is 2. The van der Waals surface area contributed by atoms with Gasteiger partial charge in [0.1, 0.15) is 5.88 Å². The molecule has 1 saturated heterocycles. The Kier molecular flexibility index (Phi) is 3.66. The van der Waals surface area contributed by atoms with Crippen LogP contribution in [0.15, 0.2) is 0 Å². The molecule has 90 valence electrons. The number of carbonyl (C=O) groups excluding carboxylic acids is 2. The topological polar surface area (TPSA) is 67.4 Å². The summed E-state index contributed by atoms with van der Waals surface area (Å²) in [6.07, 6.45) is 3.27. The lowest BCUT2D eigenvalue weighted by Crippen LogP contribution is -2.48. The van der Waals surface area contributed by atoms with Crippen LogP contribution in [0.5, 0.6) is 0 Å². The predicted octanol–water partition coefficient (Wildman–Crippen LogP) is 0.618. The van der Waals surface area contributed by atoms with E-state index in [1.165, 1.54) is 12.8 Å². The van der Waals surface area contributed by atoms with Crippen molar-refractivity contribution in [2.75, 3.05) is 12.5 Å². The Balaban J connectivity index is 1.79. The molecule has 2 rings (SSSR count). The van der Waals surface area contributed by atoms with E-state index >= 15 is 0 Å². The molecule has 6 heteroatoms. The van der Waals surface area contributed by atoms with E-state index in [0.717, 1.165) is 6.42 Å². The molecule has 0 bridgehead atoms. The Hall–Kier alpha value is -0.810. The normalized spacial score (nSPS) is 28.8. The molecule has 1 aliphatic heterocycles. The molecule has 0 aromatic heterocycles. The molecule has 5 nitrogen and oxygen atoms in total. The van der Waals surface area contributed by atoms with E-state index < -0.39 is 11.9 Å². The number of nitrogens with one attached hydrogen (secondary N) is 2. The van der Waals surface area contributed by atoms with E-state index in [-0.39, 0.29) is 18.0 Å². The zero-order valence-electron chi connectivity index (χ0n) is 8.87. The van der Waals surface area contributed by atoms with Crippen LogP contribution in [-0.4, -0.2) is 36.6 Å². The smallest absolute Gasteiger partial charge is 0.321 e. The Morgan fingerprint density at radius 3 is 2.69 bits per heavy atom. The van der Waals surface area contributed by atoms with Gasteiger partial charge in [-0.15, -0.1) is 11.6 Å². The summed E-state index contributed by atoms with van der Waals surface area (Å²) in [5, 5.41) is 4.92. The Morgan fingerprint density at radius 2 is 2.06 bits per heavy atom. The molecule has 1 heterocycles. The third-order valence-electron chi connectivity index (χ3n) is 2.91. The summed E-state index contributed by atoms with van der Waals surface area (Å²) in [5.41, 5.74) is 0. The Bertz CT molecular complexity index is 294. The van der Waals surface area contributed by atoms with E-state index in [0.29, 0.717) is 12.5 Å². The minimum absolute atomic E-state index is 0.0237. The number of ether oxygens (including phenoxy) is 1. The highest BCUT2D eigenvalue weighted by Gasteiger charge is 2.41. The van der Waals surface area contributed by atoms with Crippen molar-refractivity contribution in [3.8, 4) is 0 Å². The van der Waals surface area contributed by atoms with E-state index in [4.69, 9.17) is 16.3 Å². The third-order valence-corrected chi connectivity index (χ3v) is 3.16. The van der Waals surface area contributed by atoms with Crippen molar-refractivity contribution < 1.29 is 14.3 Å². The van der Waals surface area contributed by atoms with Crippen LogP contribution < -0.4 is 10.6 Å². The van der Waals surface area contributed by atoms with Gasteiger partial charge < -0.3 is 10.1 Å². The van der Waals surface area contributed by atoms with Crippen LogP contribution >= 0.6 is 11.6 Å². The van der Waals surface area contributed by atoms with Crippen molar-refractivity contribution in [3.63, 3.8) is 0 Å². The zero-order valence-corrected chi connectivity index (χ0v) is 9.63. The number of alkyl halides is 1. The maximum atomic E-state index is 11.4. The van der Waals surface area contributed by atoms with Gasteiger partial charge in [-0.2, -0.15) is 0 Å². The molecule has 0 aromatic carbocycles. The average Bonchev–Trinajstić information content (AvgIpc) is 3.00. The molecule has 1 aliphatic carbocycles. The molecular formula is C10H15ClN2O3. The van der Waals surface area contributed by atoms with E-state index in [9.17, 15) is 9.59 Å². The summed E-state index contributed by atoms with van der Waals surface area (Å²) in [7, 11) is 0. The van der Waals surface area contributed by atoms with Gasteiger partial charge >= 0.3 is 6.03 Å². The van der Waals surface area contributed by atoms with Gasteiger partial charge in [0.15, 0.2) is 0 Å². The average molecular weight is 247 g/mol. The molecule has 0 aromatic rings. The van der Waals surface area contributed by atoms with Crippen molar-refractivity contribution in [2.24, 2.45) is 5.92 Å². The van der Waals surface area contributed by atoms with Crippen molar-refractivity contribution in [3.05, 3.63) is 0 Å². The van der Waals surface area contributed by atoms with Crippen molar-refractivity contribution in [1.82, 2.24) is 10.6 Å². The number of amides is 3. The summed E-state index contributed by atoms with van der Waals surface area (Å²) in [5.74, 6) is -0.113. The highest BCUT2D eigenvalue weighted by Crippen LogP contribution is 2.38. The van der Waals surface area contributed by atoms with Gasteiger partial charge in [0, 0.05) is 6.61 Å². The minimum atomic E-state index is -0.485. The molecule has 3 amide bonds. The van der Waals surface area contributed by atoms with Crippen LogP contribution in [0.1, 0.15) is 19.3 Å². The summed E-state index contributed by atoms with van der Waals surface area (Å²) >= 11 is 5.29. The largest absolute Gasteiger partial charge is 0.376 e. The van der Waals surface area contributed by atoms with Crippen LogP contribution in [0.2, 0.25) is 0 Å². The SMILES string of the molecule is O=C(CCl)NC(=O)NC1CCOC1C1CC1. The van der Waals surface area contributed by atoms with Crippen LogP contribution in [0, 0.1) is 5.92 Å². The fraction of sp³-hybridized carbons (Fsp3) is 0.800. The number of urea groups is 1. The molecule has 2 fully saturated rings. The second kappa shape index (κ2) is 5.01. The first-order valence-corrected chi connectivity index (χ1v) is 6.02. The molecule has 2 atom stereocenters. The van der Waals surface area contributed by atoms with Crippen LogP contribution in [0.3, 0.4) is 0 Å². The van der Waals surface area contributed by atoms with E-state index in [2.05, 4.69) is 10.6 Å². The summed E-state index contributed by atoms with van der Waals surface area (Å²) < 4.78 is 5.57. The fourth-order valence-corrected chi connectivity index (χ4v) is 2.09. The van der Waals surface area contributed by atoms with Gasteiger partial charge in [-0.1, -0.05) is 0 Å². The lowest BCUT2D eigenvalue weighted by molar-refractivity contribution is -0.117. The van der Waals surface area contributed by atoms with Gasteiger partial charge in [0.05, 0.1) is 12.1 Å². The quantitative estimate of drug-likeness (QED) is 0.718. The van der Waals surface area contributed by atoms with Crippen molar-refractivity contribution in [1.29, 1.82) is 0 Å². The number of rotatable bonds is 3. The highest BCUT2D eigenvalue weighted by molar-refractivity contribution is 6.28. The van der Waals surface area contributed by atoms with Crippen LogP contribution in [-0.2, 0) is 9.53 Å². The fourth-order valence-electron chi connectivity index (χ4n) is 2.02. The molecule has 16 heavy (non-hydrogen) atoms. The zero-order chi connectivity index (χ0) is 11.5. The number of halogens is 1. The molecule has 0 spiro atoms. The maximum absolute atomic E-state index is 11.4. The van der Waals surface area contributed by atoms with Crippen LogP contribution in [0.25, 0.3) is 0 Å². The maximum Gasteiger partial charge on any atom is 0.321 e. The van der Waals surface area contributed by atoms with Crippen molar-refractivity contribution in [2.45, 2.75) is 31.4 Å². The van der Waals surface area contributed by atoms with Gasteiger partial charge in [0.25, 0.3) is 0 Å². The van der Waals surface area contributed by atoms with Crippen molar-refractivity contribution >= 4 is 23.5 Å². The molecule has 0 radical (unpaired) electrons. The second-order valence-electron chi connectivity index (χ2n) is 4.22. The highest BCUT2D eigenvalue weighted by atomic mass is 35.5. The number of hydrogen-bond acceptors (Lipinski definition) is 3. The first-order chi connectivity index (χ1) is 7.70. The minimum Gasteiger partial charge on any atom is -0.376 e. The molecule has 2 unspecified atom stereocenters. The monoisotopic (exact) mass is 246 g/mol. The molecular weight excluding hydrogens is 232 g/mol. The second-order valence-corrected chi connectivity index (χ2v) is 4.49. The number of hydrogen-bond donors (Lipinski definition) is 2. The molecule has 2 N–H and O–H groups in total.